The number of rotatable bonds is 6. The van der Waals surface area contributed by atoms with Crippen molar-refractivity contribution in [3.05, 3.63) is 0 Å². The zero-order valence-corrected chi connectivity index (χ0v) is 12.1. The number of amides is 1. The minimum absolute atomic E-state index is 0.0798. The van der Waals surface area contributed by atoms with E-state index in [0.29, 0.717) is 12.3 Å². The fraction of sp³-hybridized carbons (Fsp3) is 0.909. The Labute approximate surface area is 104 Å². The molecule has 1 amide bonds. The van der Waals surface area contributed by atoms with E-state index in [1.807, 2.05) is 13.8 Å². The highest BCUT2D eigenvalue weighted by molar-refractivity contribution is 7.92. The Morgan fingerprint density at radius 1 is 1.35 bits per heavy atom. The number of sulfone groups is 1. The van der Waals surface area contributed by atoms with Crippen LogP contribution in [0.5, 0.6) is 0 Å². The van der Waals surface area contributed by atoms with Gasteiger partial charge < -0.3 is 11.1 Å². The van der Waals surface area contributed by atoms with Crippen LogP contribution in [-0.2, 0) is 14.6 Å². The highest BCUT2D eigenvalue weighted by Gasteiger charge is 2.31. The highest BCUT2D eigenvalue weighted by Crippen LogP contribution is 2.13. The van der Waals surface area contributed by atoms with Crippen molar-refractivity contribution in [3.8, 4) is 0 Å². The van der Waals surface area contributed by atoms with Crippen LogP contribution in [0.1, 0.15) is 34.1 Å². The van der Waals surface area contributed by atoms with Crippen LogP contribution in [0.15, 0.2) is 0 Å². The molecule has 0 spiro atoms. The van der Waals surface area contributed by atoms with Gasteiger partial charge in [-0.2, -0.15) is 0 Å². The van der Waals surface area contributed by atoms with E-state index in [4.69, 9.17) is 5.73 Å². The molecule has 0 unspecified atom stereocenters. The lowest BCUT2D eigenvalue weighted by Gasteiger charge is -2.24. The van der Waals surface area contributed by atoms with Gasteiger partial charge in [0.15, 0.2) is 9.84 Å². The number of carbonyl (C=O) groups is 1. The van der Waals surface area contributed by atoms with Crippen LogP contribution < -0.4 is 11.1 Å². The van der Waals surface area contributed by atoms with Gasteiger partial charge in [-0.05, 0) is 26.2 Å². The van der Waals surface area contributed by atoms with E-state index in [0.717, 1.165) is 6.26 Å². The second-order valence-electron chi connectivity index (χ2n) is 5.49. The third-order valence-electron chi connectivity index (χ3n) is 2.75. The first-order valence-electron chi connectivity index (χ1n) is 5.70. The average molecular weight is 264 g/mol. The third kappa shape index (κ3) is 5.50. The predicted molar refractivity (Wildman–Crippen MR) is 69.4 cm³/mol. The minimum Gasteiger partial charge on any atom is -0.353 e. The van der Waals surface area contributed by atoms with Gasteiger partial charge in [0, 0.05) is 12.8 Å². The van der Waals surface area contributed by atoms with Crippen molar-refractivity contribution < 1.29 is 13.2 Å². The Bertz CT molecular complexity index is 361. The number of hydrogen-bond acceptors (Lipinski definition) is 4. The molecule has 0 aromatic heterocycles. The third-order valence-corrected chi connectivity index (χ3v) is 4.91. The Morgan fingerprint density at radius 2 is 1.82 bits per heavy atom. The molecule has 17 heavy (non-hydrogen) atoms. The van der Waals surface area contributed by atoms with E-state index in [9.17, 15) is 13.2 Å². The standard InChI is InChI=1S/C11H24N2O3S/c1-8(2)6-9(12)10(14)13-7-11(3,4)17(5,15)16/h8-9H,6-7,12H2,1-5H3,(H,13,14)/t9-/m1/s1. The van der Waals surface area contributed by atoms with E-state index >= 15 is 0 Å². The molecule has 0 saturated carbocycles. The molecule has 0 aliphatic heterocycles. The van der Waals surface area contributed by atoms with E-state index in [1.165, 1.54) is 0 Å². The molecule has 0 bridgehead atoms. The molecule has 0 heterocycles. The van der Waals surface area contributed by atoms with Crippen molar-refractivity contribution in [3.63, 3.8) is 0 Å². The first kappa shape index (κ1) is 16.4. The summed E-state index contributed by atoms with van der Waals surface area (Å²) in [5.74, 6) is 0.0362. The maximum absolute atomic E-state index is 11.6. The summed E-state index contributed by atoms with van der Waals surface area (Å²) in [5, 5.41) is 2.59. The largest absolute Gasteiger partial charge is 0.353 e. The maximum Gasteiger partial charge on any atom is 0.236 e. The summed E-state index contributed by atoms with van der Waals surface area (Å²) in [6.45, 7) is 7.20. The molecule has 0 rings (SSSR count). The monoisotopic (exact) mass is 264 g/mol. The smallest absolute Gasteiger partial charge is 0.236 e. The van der Waals surface area contributed by atoms with Gasteiger partial charge in [-0.25, -0.2) is 8.42 Å². The molecule has 0 radical (unpaired) electrons. The van der Waals surface area contributed by atoms with Crippen LogP contribution in [-0.4, -0.2) is 37.9 Å². The summed E-state index contributed by atoms with van der Waals surface area (Å²) < 4.78 is 21.9. The molecule has 0 aromatic rings. The molecule has 0 aliphatic carbocycles. The first-order valence-corrected chi connectivity index (χ1v) is 7.59. The summed E-state index contributed by atoms with van der Waals surface area (Å²) in [7, 11) is -3.20. The molecule has 102 valence electrons. The maximum atomic E-state index is 11.6. The molecule has 0 aromatic carbocycles. The summed E-state index contributed by atoms with van der Waals surface area (Å²) in [4.78, 5) is 11.6. The van der Waals surface area contributed by atoms with Gasteiger partial charge in [-0.3, -0.25) is 4.79 Å². The Hall–Kier alpha value is -0.620. The molecule has 1 atom stereocenters. The topological polar surface area (TPSA) is 89.3 Å². The summed E-state index contributed by atoms with van der Waals surface area (Å²) in [5.41, 5.74) is 5.70. The van der Waals surface area contributed by atoms with Crippen LogP contribution >= 0.6 is 0 Å². The zero-order valence-electron chi connectivity index (χ0n) is 11.3. The van der Waals surface area contributed by atoms with Crippen molar-refractivity contribution in [2.24, 2.45) is 11.7 Å². The normalized spacial score (nSPS) is 14.8. The minimum atomic E-state index is -3.20. The fourth-order valence-corrected chi connectivity index (χ4v) is 1.51. The first-order chi connectivity index (χ1) is 7.47. The number of nitrogens with one attached hydrogen (secondary N) is 1. The molecule has 0 saturated heterocycles. The van der Waals surface area contributed by atoms with Crippen molar-refractivity contribution >= 4 is 15.7 Å². The van der Waals surface area contributed by atoms with Gasteiger partial charge >= 0.3 is 0 Å². The van der Waals surface area contributed by atoms with E-state index in [-0.39, 0.29) is 12.5 Å². The second-order valence-corrected chi connectivity index (χ2v) is 8.14. The summed E-state index contributed by atoms with van der Waals surface area (Å²) in [6, 6.07) is -0.578. The lowest BCUT2D eigenvalue weighted by atomic mass is 10.0. The van der Waals surface area contributed by atoms with Crippen LogP contribution in [0.3, 0.4) is 0 Å². The molecular weight excluding hydrogens is 240 g/mol. The number of nitrogens with two attached hydrogens (primary N) is 1. The van der Waals surface area contributed by atoms with Crippen molar-refractivity contribution in [1.82, 2.24) is 5.32 Å². The molecule has 0 aliphatic rings. The number of carbonyl (C=O) groups excluding carboxylic acids is 1. The highest BCUT2D eigenvalue weighted by atomic mass is 32.2. The van der Waals surface area contributed by atoms with Crippen LogP contribution in [0.4, 0.5) is 0 Å². The second kappa shape index (κ2) is 5.82. The van der Waals surface area contributed by atoms with E-state index in [1.54, 1.807) is 13.8 Å². The fourth-order valence-electron chi connectivity index (χ4n) is 1.18. The Morgan fingerprint density at radius 3 is 2.18 bits per heavy atom. The Kier molecular flexibility index (Phi) is 5.61. The van der Waals surface area contributed by atoms with E-state index < -0.39 is 20.6 Å². The lowest BCUT2D eigenvalue weighted by Crippen LogP contribution is -2.49. The average Bonchev–Trinajstić information content (AvgIpc) is 2.11. The molecular formula is C11H24N2O3S. The van der Waals surface area contributed by atoms with Crippen molar-refractivity contribution in [1.29, 1.82) is 0 Å². The number of hydrogen-bond donors (Lipinski definition) is 2. The molecule has 6 heteroatoms. The molecule has 3 N–H and O–H groups in total. The summed E-state index contributed by atoms with van der Waals surface area (Å²) in [6.07, 6.45) is 1.75. The zero-order chi connectivity index (χ0) is 13.9. The van der Waals surface area contributed by atoms with Crippen LogP contribution in [0.25, 0.3) is 0 Å². The predicted octanol–water partition coefficient (Wildman–Crippen LogP) is 0.299. The molecule has 5 nitrogen and oxygen atoms in total. The molecule has 0 fully saturated rings. The summed E-state index contributed by atoms with van der Waals surface area (Å²) >= 11 is 0. The van der Waals surface area contributed by atoms with Crippen LogP contribution in [0, 0.1) is 5.92 Å². The SMILES string of the molecule is CC(C)C[C@@H](N)C(=O)NCC(C)(C)S(C)(=O)=O. The van der Waals surface area contributed by atoms with Crippen molar-refractivity contribution in [2.45, 2.75) is 44.9 Å². The van der Waals surface area contributed by atoms with Gasteiger partial charge in [-0.1, -0.05) is 13.8 Å². The Balaban J connectivity index is 4.35. The van der Waals surface area contributed by atoms with Gasteiger partial charge in [0.2, 0.25) is 5.91 Å². The van der Waals surface area contributed by atoms with Gasteiger partial charge in [-0.15, -0.1) is 0 Å². The van der Waals surface area contributed by atoms with Gasteiger partial charge in [0.1, 0.15) is 0 Å². The van der Waals surface area contributed by atoms with Gasteiger partial charge in [0.05, 0.1) is 10.8 Å². The van der Waals surface area contributed by atoms with E-state index in [2.05, 4.69) is 5.32 Å². The van der Waals surface area contributed by atoms with Gasteiger partial charge in [0.25, 0.3) is 0 Å². The quantitative estimate of drug-likeness (QED) is 0.722. The lowest BCUT2D eigenvalue weighted by molar-refractivity contribution is -0.122. The van der Waals surface area contributed by atoms with Crippen LogP contribution in [0.2, 0.25) is 0 Å². The van der Waals surface area contributed by atoms with Crippen molar-refractivity contribution in [2.75, 3.05) is 12.8 Å².